The van der Waals surface area contributed by atoms with E-state index in [0.29, 0.717) is 12.0 Å². The fraction of sp³-hybridized carbons (Fsp3) is 0.940. The number of aromatic nitrogens is 2. The maximum absolute atomic E-state index is 3.78. The average Bonchev–Trinajstić information content (AvgIpc) is 3.65. The molecule has 1 aromatic rings. The first-order valence-corrected chi connectivity index (χ1v) is 24.8. The van der Waals surface area contributed by atoms with E-state index in [1.165, 1.54) is 263 Å². The van der Waals surface area contributed by atoms with Crippen molar-refractivity contribution in [2.45, 2.75) is 303 Å². The number of H-pyrrole nitrogens is 1. The first-order chi connectivity index (χ1) is 25.7. The van der Waals surface area contributed by atoms with E-state index in [0.717, 1.165) is 0 Å². The fourth-order valence-electron chi connectivity index (χ4n) is 8.73. The van der Waals surface area contributed by atoms with Crippen LogP contribution in [0.3, 0.4) is 0 Å². The van der Waals surface area contributed by atoms with Gasteiger partial charge in [-0.25, -0.2) is 9.55 Å². The third kappa shape index (κ3) is 30.5. The molecule has 0 aliphatic carbocycles. The molecule has 0 aliphatic heterocycles. The van der Waals surface area contributed by atoms with Crippen molar-refractivity contribution in [3.05, 3.63) is 18.2 Å². The summed E-state index contributed by atoms with van der Waals surface area (Å²) in [6, 6.07) is 0.616. The van der Waals surface area contributed by atoms with Crippen LogP contribution in [-0.4, -0.2) is 4.98 Å². The van der Waals surface area contributed by atoms with Gasteiger partial charge in [0.15, 0.2) is 0 Å². The number of rotatable bonds is 43. The summed E-state index contributed by atoms with van der Waals surface area (Å²) in [5.74, 6) is 2.25. The Morgan fingerprint density at radius 1 is 0.365 bits per heavy atom. The molecule has 1 heterocycles. The summed E-state index contributed by atoms with van der Waals surface area (Å²) < 4.78 is 2.66. The van der Waals surface area contributed by atoms with Crippen molar-refractivity contribution in [1.82, 2.24) is 4.98 Å². The zero-order valence-corrected chi connectivity index (χ0v) is 36.7. The molecule has 1 aromatic heterocycles. The van der Waals surface area contributed by atoms with Gasteiger partial charge >= 0.3 is 0 Å². The summed E-state index contributed by atoms with van der Waals surface area (Å²) in [6.45, 7) is 9.44. The molecule has 2 nitrogen and oxygen atoms in total. The van der Waals surface area contributed by atoms with E-state index in [1.54, 1.807) is 5.82 Å². The third-order valence-electron chi connectivity index (χ3n) is 12.4. The number of nitrogens with one attached hydrogen (secondary N) is 1. The lowest BCUT2D eigenvalue weighted by molar-refractivity contribution is -0.727. The zero-order valence-electron chi connectivity index (χ0n) is 36.7. The Labute approximate surface area is 329 Å². The smallest absolute Gasteiger partial charge is 0.247 e. The molecule has 1 rings (SSSR count). The van der Waals surface area contributed by atoms with Crippen molar-refractivity contribution < 1.29 is 4.57 Å². The van der Waals surface area contributed by atoms with Gasteiger partial charge in [0, 0.05) is 0 Å². The first kappa shape index (κ1) is 49.2. The maximum atomic E-state index is 3.78. The van der Waals surface area contributed by atoms with E-state index >= 15 is 0 Å². The molecular weight excluding hydrogens is 629 g/mol. The molecule has 0 bridgehead atoms. The van der Waals surface area contributed by atoms with E-state index in [2.05, 4.69) is 49.6 Å². The highest BCUT2D eigenvalue weighted by Crippen LogP contribution is 2.28. The summed E-state index contributed by atoms with van der Waals surface area (Å²) in [5, 5.41) is 0. The van der Waals surface area contributed by atoms with Crippen molar-refractivity contribution in [1.29, 1.82) is 0 Å². The van der Waals surface area contributed by atoms with Crippen LogP contribution in [0.15, 0.2) is 12.4 Å². The van der Waals surface area contributed by atoms with Gasteiger partial charge in [0.1, 0.15) is 12.4 Å². The van der Waals surface area contributed by atoms with E-state index in [4.69, 9.17) is 0 Å². The van der Waals surface area contributed by atoms with Crippen molar-refractivity contribution >= 4 is 0 Å². The minimum absolute atomic E-state index is 0.616. The summed E-state index contributed by atoms with van der Waals surface area (Å²) >= 11 is 0. The van der Waals surface area contributed by atoms with Gasteiger partial charge in [0.25, 0.3) is 5.82 Å². The summed E-state index contributed by atoms with van der Waals surface area (Å²) in [4.78, 5) is 3.78. The lowest BCUT2D eigenvalue weighted by Gasteiger charge is -2.17. The second kappa shape index (κ2) is 39.9. The quantitative estimate of drug-likeness (QED) is 0.0510. The molecule has 0 aromatic carbocycles. The Kier molecular flexibility index (Phi) is 37.8. The second-order valence-electron chi connectivity index (χ2n) is 17.5. The van der Waals surface area contributed by atoms with E-state index < -0.39 is 0 Å². The Hall–Kier alpha value is -0.790. The number of nitrogens with zero attached hydrogens (tertiary/aromatic N) is 1. The second-order valence-corrected chi connectivity index (χ2v) is 17.5. The molecule has 0 fully saturated rings. The predicted octanol–water partition coefficient (Wildman–Crippen LogP) is 18.0. The van der Waals surface area contributed by atoms with E-state index in [-0.39, 0.29) is 0 Å². The van der Waals surface area contributed by atoms with Gasteiger partial charge in [-0.1, -0.05) is 258 Å². The number of unbranched alkanes of at least 4 members (excludes halogenated alkanes) is 35. The van der Waals surface area contributed by atoms with Crippen LogP contribution >= 0.6 is 0 Å². The van der Waals surface area contributed by atoms with Gasteiger partial charge in [-0.15, -0.1) is 0 Å². The van der Waals surface area contributed by atoms with Crippen molar-refractivity contribution in [2.24, 2.45) is 0 Å². The van der Waals surface area contributed by atoms with Crippen LogP contribution in [0.25, 0.3) is 0 Å². The van der Waals surface area contributed by atoms with Gasteiger partial charge in [0.05, 0.1) is 12.0 Å². The molecule has 0 saturated carbocycles. The van der Waals surface area contributed by atoms with Crippen LogP contribution in [0.4, 0.5) is 0 Å². The van der Waals surface area contributed by atoms with Crippen LogP contribution in [0.2, 0.25) is 0 Å². The highest BCUT2D eigenvalue weighted by molar-refractivity contribution is 4.90. The Balaban J connectivity index is 2.33. The molecule has 0 amide bonds. The first-order valence-electron chi connectivity index (χ1n) is 24.8. The number of hydrogen-bond donors (Lipinski definition) is 1. The van der Waals surface area contributed by atoms with Crippen LogP contribution < -0.4 is 4.57 Å². The third-order valence-corrected chi connectivity index (χ3v) is 12.4. The Morgan fingerprint density at radius 3 is 0.904 bits per heavy atom. The average molecular weight is 728 g/mol. The minimum atomic E-state index is 0.616. The Bertz CT molecular complexity index is 798. The number of aromatic amines is 1. The van der Waals surface area contributed by atoms with Gasteiger partial charge in [-0.05, 0) is 32.6 Å². The van der Waals surface area contributed by atoms with E-state index in [9.17, 15) is 0 Å². The maximum Gasteiger partial charge on any atom is 0.257 e. The van der Waals surface area contributed by atoms with Gasteiger partial charge < -0.3 is 0 Å². The molecular formula is C50H99N2+. The molecule has 2 heteroatoms. The van der Waals surface area contributed by atoms with Gasteiger partial charge in [-0.3, -0.25) is 0 Å². The van der Waals surface area contributed by atoms with Gasteiger partial charge in [0.2, 0.25) is 0 Å². The monoisotopic (exact) mass is 728 g/mol. The lowest BCUT2D eigenvalue weighted by Crippen LogP contribution is -2.41. The summed E-state index contributed by atoms with van der Waals surface area (Å²) in [5.41, 5.74) is 0. The lowest BCUT2D eigenvalue weighted by atomic mass is 9.92. The molecule has 2 atom stereocenters. The SMILES string of the molecule is CCCCCCCCCCCCCCCCCC(CCCCCCCCCCC)c1[nH]cc[n+]1C(C)CCCCCCCCCCCCCCCC. The molecule has 0 spiro atoms. The molecule has 2 unspecified atom stereocenters. The molecule has 0 aliphatic rings. The van der Waals surface area contributed by atoms with Crippen molar-refractivity contribution in [3.63, 3.8) is 0 Å². The standard InChI is InChI=1S/C50H98N2/c1-5-8-11-14-17-20-22-24-26-28-30-33-36-39-42-45-49(44-41-38-35-31-19-16-13-10-7-3)50-51-46-47-52(50)48(4)43-40-37-34-32-29-27-25-23-21-18-15-12-9-6-2/h46-49H,5-45H2,1-4H3/p+1. The molecule has 52 heavy (non-hydrogen) atoms. The topological polar surface area (TPSA) is 19.7 Å². The molecule has 308 valence electrons. The molecule has 1 N–H and O–H groups in total. The minimum Gasteiger partial charge on any atom is -0.247 e. The summed E-state index contributed by atoms with van der Waals surface area (Å²) in [7, 11) is 0. The van der Waals surface area contributed by atoms with Crippen molar-refractivity contribution in [2.75, 3.05) is 0 Å². The largest absolute Gasteiger partial charge is 0.257 e. The summed E-state index contributed by atoms with van der Waals surface area (Å²) in [6.07, 6.45) is 63.6. The van der Waals surface area contributed by atoms with Crippen LogP contribution in [0, 0.1) is 0 Å². The Morgan fingerprint density at radius 2 is 0.615 bits per heavy atom. The van der Waals surface area contributed by atoms with Crippen LogP contribution in [0.5, 0.6) is 0 Å². The fourth-order valence-corrected chi connectivity index (χ4v) is 8.73. The number of imidazole rings is 1. The highest BCUT2D eigenvalue weighted by Gasteiger charge is 2.25. The molecule has 0 radical (unpaired) electrons. The molecule has 0 saturated heterocycles. The highest BCUT2D eigenvalue weighted by atomic mass is 15.1. The number of hydrogen-bond acceptors (Lipinski definition) is 0. The van der Waals surface area contributed by atoms with Crippen LogP contribution in [-0.2, 0) is 0 Å². The zero-order chi connectivity index (χ0) is 37.4. The predicted molar refractivity (Wildman–Crippen MR) is 235 cm³/mol. The van der Waals surface area contributed by atoms with Gasteiger partial charge in [-0.2, -0.15) is 0 Å². The van der Waals surface area contributed by atoms with Crippen molar-refractivity contribution in [3.8, 4) is 0 Å². The van der Waals surface area contributed by atoms with Crippen LogP contribution in [0.1, 0.15) is 309 Å². The normalized spacial score (nSPS) is 12.9. The van der Waals surface area contributed by atoms with E-state index in [1.807, 2.05) is 0 Å².